The van der Waals surface area contributed by atoms with E-state index in [1.807, 2.05) is 66.7 Å². The van der Waals surface area contributed by atoms with E-state index >= 15 is 0 Å². The van der Waals surface area contributed by atoms with E-state index in [1.165, 1.54) is 9.87 Å². The number of anilines is 2. The highest BCUT2D eigenvalue weighted by molar-refractivity contribution is 7.92. The molecule has 6 rings (SSSR count). The lowest BCUT2D eigenvalue weighted by Gasteiger charge is -2.40. The Morgan fingerprint density at radius 2 is 1.78 bits per heavy atom. The molecule has 0 radical (unpaired) electrons. The van der Waals surface area contributed by atoms with Crippen molar-refractivity contribution in [2.75, 3.05) is 42.0 Å². The summed E-state index contributed by atoms with van der Waals surface area (Å²) >= 11 is 0. The van der Waals surface area contributed by atoms with Gasteiger partial charge in [-0.25, -0.2) is 13.2 Å². The number of ether oxygens (including phenoxy) is 1. The van der Waals surface area contributed by atoms with Crippen molar-refractivity contribution in [3.8, 4) is 0 Å². The molecule has 238 valence electrons. The molecule has 3 aromatic carbocycles. The lowest BCUT2D eigenvalue weighted by Crippen LogP contribution is -2.53. The van der Waals surface area contributed by atoms with Crippen molar-refractivity contribution in [1.29, 1.82) is 0 Å². The number of esters is 1. The zero-order valence-corrected chi connectivity index (χ0v) is 26.9. The number of hydrogen-bond donors (Lipinski definition) is 1. The minimum Gasteiger partial charge on any atom is -0.460 e. The van der Waals surface area contributed by atoms with Crippen LogP contribution in [-0.4, -0.2) is 58.2 Å². The zero-order chi connectivity index (χ0) is 32.1. The maximum atomic E-state index is 14.7. The van der Waals surface area contributed by atoms with E-state index < -0.39 is 16.0 Å². The smallest absolute Gasteiger partial charge is 0.374 e. The molecule has 1 atom stereocenters. The summed E-state index contributed by atoms with van der Waals surface area (Å²) in [6.45, 7) is 6.21. The first-order chi connectivity index (χ1) is 22.4. The second-order valence-electron chi connectivity index (χ2n) is 11.3. The Bertz CT molecular complexity index is 1910. The molecular formula is C36H38N4O5S. The number of nitrogens with zero attached hydrogens (tertiary/aromatic N) is 3. The minimum absolute atomic E-state index is 0.0802. The number of carbonyl (C=O) groups is 1. The molecule has 1 aliphatic heterocycles. The number of carbonyl (C=O) groups excluding carboxylic acids is 1. The van der Waals surface area contributed by atoms with Gasteiger partial charge in [0.05, 0.1) is 22.9 Å². The largest absolute Gasteiger partial charge is 0.460 e. The average Bonchev–Trinajstić information content (AvgIpc) is 3.42. The molecular weight excluding hydrogens is 600 g/mol. The first kappa shape index (κ1) is 31.3. The molecule has 0 bridgehead atoms. The fourth-order valence-electron chi connectivity index (χ4n) is 6.09. The number of aryl methyl sites for hydroxylation is 1. The van der Waals surface area contributed by atoms with Gasteiger partial charge in [-0.1, -0.05) is 42.5 Å². The van der Waals surface area contributed by atoms with Crippen molar-refractivity contribution < 1.29 is 22.4 Å². The van der Waals surface area contributed by atoms with Crippen LogP contribution in [-0.2, 0) is 27.6 Å². The number of hydrogen-bond acceptors (Lipinski definition) is 8. The molecule has 1 N–H and O–H groups in total. The number of para-hydroxylation sites is 2. The summed E-state index contributed by atoms with van der Waals surface area (Å²) in [5, 5.41) is 4.07. The maximum absolute atomic E-state index is 14.7. The third-order valence-electron chi connectivity index (χ3n) is 8.43. The number of aromatic nitrogens is 1. The molecule has 0 amide bonds. The Morgan fingerprint density at radius 1 is 1.02 bits per heavy atom. The van der Waals surface area contributed by atoms with E-state index in [0.29, 0.717) is 28.6 Å². The van der Waals surface area contributed by atoms with Crippen LogP contribution in [0.3, 0.4) is 0 Å². The Kier molecular flexibility index (Phi) is 9.37. The Hall–Kier alpha value is -4.67. The van der Waals surface area contributed by atoms with Crippen LogP contribution in [0.5, 0.6) is 0 Å². The molecule has 1 fully saturated rings. The molecule has 10 heteroatoms. The van der Waals surface area contributed by atoms with Crippen LogP contribution in [0.15, 0.2) is 107 Å². The fraction of sp³-hybridized carbons (Fsp3) is 0.278. The number of piperazine rings is 1. The van der Waals surface area contributed by atoms with Gasteiger partial charge in [-0.05, 0) is 80.3 Å². The van der Waals surface area contributed by atoms with Crippen molar-refractivity contribution in [3.63, 3.8) is 0 Å². The van der Waals surface area contributed by atoms with Gasteiger partial charge in [0.25, 0.3) is 10.0 Å². The zero-order valence-electron chi connectivity index (χ0n) is 26.1. The number of sulfonamides is 1. The van der Waals surface area contributed by atoms with E-state index in [9.17, 15) is 13.2 Å². The average molecular weight is 639 g/mol. The fourth-order valence-corrected chi connectivity index (χ4v) is 7.60. The molecule has 3 heterocycles. The first-order valence-electron chi connectivity index (χ1n) is 15.6. The minimum atomic E-state index is -4.07. The van der Waals surface area contributed by atoms with E-state index in [4.69, 9.17) is 9.15 Å². The summed E-state index contributed by atoms with van der Waals surface area (Å²) in [5.41, 5.74) is 4.67. The van der Waals surface area contributed by atoms with E-state index in [-0.39, 0.29) is 29.8 Å². The predicted molar refractivity (Wildman–Crippen MR) is 180 cm³/mol. The molecule has 1 aliphatic rings. The molecule has 2 aromatic heterocycles. The Labute approximate surface area is 269 Å². The highest BCUT2D eigenvalue weighted by Crippen LogP contribution is 2.37. The van der Waals surface area contributed by atoms with Crippen molar-refractivity contribution in [2.24, 2.45) is 0 Å². The molecule has 9 nitrogen and oxygen atoms in total. The van der Waals surface area contributed by atoms with Crippen LogP contribution in [0, 0.1) is 6.92 Å². The summed E-state index contributed by atoms with van der Waals surface area (Å²) in [6.07, 6.45) is 4.92. The number of pyridine rings is 1. The van der Waals surface area contributed by atoms with Crippen molar-refractivity contribution in [2.45, 2.75) is 37.6 Å². The highest BCUT2D eigenvalue weighted by atomic mass is 32.2. The second-order valence-corrected chi connectivity index (χ2v) is 13.2. The Morgan fingerprint density at radius 3 is 2.57 bits per heavy atom. The second kappa shape index (κ2) is 13.8. The molecule has 0 aliphatic carbocycles. The lowest BCUT2D eigenvalue weighted by molar-refractivity contribution is 0.0491. The number of fused-ring (bicyclic) bond motifs is 1. The quantitative estimate of drug-likeness (QED) is 0.182. The number of benzene rings is 3. The van der Waals surface area contributed by atoms with Gasteiger partial charge in [-0.3, -0.25) is 9.29 Å². The van der Waals surface area contributed by atoms with Crippen LogP contribution < -0.4 is 14.5 Å². The standard InChI is InChI=1S/C36H38N4O5S/c1-3-44-36(41)35-26(2)31-24-30(13-14-34(31)45-35)46(42,43)40(21-17-27-9-5-4-6-10-27)33-12-8-7-11-32(33)39-22-20-38-25-29(39)23-28-15-18-37-19-16-28/h4-16,18-19,24,29,38H,3,17,20-23,25H2,1-2H3. The van der Waals surface area contributed by atoms with Gasteiger partial charge in [0, 0.05) is 55.6 Å². The van der Waals surface area contributed by atoms with Crippen molar-refractivity contribution in [1.82, 2.24) is 10.3 Å². The summed E-state index contributed by atoms with van der Waals surface area (Å²) in [6, 6.07) is 26.6. The van der Waals surface area contributed by atoms with Crippen LogP contribution in [0.2, 0.25) is 0 Å². The van der Waals surface area contributed by atoms with E-state index in [1.54, 1.807) is 44.4 Å². The molecule has 1 saturated heterocycles. The van der Waals surface area contributed by atoms with Gasteiger partial charge in [-0.15, -0.1) is 0 Å². The van der Waals surface area contributed by atoms with E-state index in [2.05, 4.69) is 15.2 Å². The summed E-state index contributed by atoms with van der Waals surface area (Å²) < 4.78 is 41.9. The number of rotatable bonds is 11. The summed E-state index contributed by atoms with van der Waals surface area (Å²) in [5.74, 6) is -0.493. The summed E-state index contributed by atoms with van der Waals surface area (Å²) in [4.78, 5) is 19.1. The van der Waals surface area contributed by atoms with Gasteiger partial charge in [0.2, 0.25) is 5.76 Å². The number of furan rings is 1. The highest BCUT2D eigenvalue weighted by Gasteiger charge is 2.32. The monoisotopic (exact) mass is 638 g/mol. The third-order valence-corrected chi connectivity index (χ3v) is 10.2. The van der Waals surface area contributed by atoms with Gasteiger partial charge < -0.3 is 19.4 Å². The van der Waals surface area contributed by atoms with Gasteiger partial charge >= 0.3 is 5.97 Å². The number of nitrogens with one attached hydrogen (secondary N) is 1. The van der Waals surface area contributed by atoms with Crippen molar-refractivity contribution in [3.05, 3.63) is 120 Å². The first-order valence-corrected chi connectivity index (χ1v) is 17.0. The van der Waals surface area contributed by atoms with Crippen molar-refractivity contribution >= 4 is 38.3 Å². The van der Waals surface area contributed by atoms with Crippen LogP contribution >= 0.6 is 0 Å². The summed E-state index contributed by atoms with van der Waals surface area (Å²) in [7, 11) is -4.07. The topological polar surface area (TPSA) is 105 Å². The van der Waals surface area contributed by atoms with Crippen LogP contribution in [0.4, 0.5) is 11.4 Å². The molecule has 0 saturated carbocycles. The van der Waals surface area contributed by atoms with E-state index in [0.717, 1.165) is 37.3 Å². The van der Waals surface area contributed by atoms with Gasteiger partial charge in [-0.2, -0.15) is 0 Å². The SMILES string of the molecule is CCOC(=O)c1oc2ccc(S(=O)(=O)N(CCc3ccccc3)c3ccccc3N3CCNCC3Cc3ccncc3)cc2c1C. The predicted octanol–water partition coefficient (Wildman–Crippen LogP) is 5.77. The van der Waals surface area contributed by atoms with Gasteiger partial charge in [0.1, 0.15) is 5.58 Å². The normalized spacial score (nSPS) is 15.2. The maximum Gasteiger partial charge on any atom is 0.374 e. The van der Waals surface area contributed by atoms with Crippen LogP contribution in [0.1, 0.15) is 34.2 Å². The molecule has 0 spiro atoms. The van der Waals surface area contributed by atoms with Gasteiger partial charge in [0.15, 0.2) is 0 Å². The lowest BCUT2D eigenvalue weighted by atomic mass is 10.0. The van der Waals surface area contributed by atoms with Crippen LogP contribution in [0.25, 0.3) is 11.0 Å². The molecule has 1 unspecified atom stereocenters. The molecule has 5 aromatic rings. The third kappa shape index (κ3) is 6.49. The Balaban J connectivity index is 1.42. The molecule has 46 heavy (non-hydrogen) atoms.